The zero-order valence-corrected chi connectivity index (χ0v) is 19.4. The van der Waals surface area contributed by atoms with E-state index in [1.54, 1.807) is 12.1 Å². The van der Waals surface area contributed by atoms with Gasteiger partial charge in [0.25, 0.3) is 0 Å². The second-order valence-corrected chi connectivity index (χ2v) is 9.50. The van der Waals surface area contributed by atoms with Crippen molar-refractivity contribution in [1.82, 2.24) is 20.1 Å². The fraction of sp³-hybridized carbons (Fsp3) is 0.583. The largest absolute Gasteiger partial charge is 0.418 e. The number of rotatable bonds is 4. The highest BCUT2D eigenvalue weighted by molar-refractivity contribution is 5.94. The molecular weight excluding hydrogens is 431 g/mol. The summed E-state index contributed by atoms with van der Waals surface area (Å²) < 4.78 is 40.5. The molecule has 4 rings (SSSR count). The Morgan fingerprint density at radius 3 is 2.58 bits per heavy atom. The maximum Gasteiger partial charge on any atom is 0.418 e. The van der Waals surface area contributed by atoms with Crippen LogP contribution in [-0.2, 0) is 11.0 Å². The Hall–Kier alpha value is -2.39. The number of carbonyl (C=O) groups excluding carboxylic acids is 1. The summed E-state index contributed by atoms with van der Waals surface area (Å²) in [5.74, 6) is 0.301. The first-order valence-electron chi connectivity index (χ1n) is 11.6. The van der Waals surface area contributed by atoms with Crippen LogP contribution in [0.15, 0.2) is 30.5 Å². The van der Waals surface area contributed by atoms with Gasteiger partial charge >= 0.3 is 6.18 Å². The Morgan fingerprint density at radius 2 is 1.88 bits per heavy atom. The Kier molecular flexibility index (Phi) is 6.81. The lowest BCUT2D eigenvalue weighted by molar-refractivity contribution is -0.136. The molecule has 2 aromatic rings. The van der Waals surface area contributed by atoms with Crippen molar-refractivity contribution in [3.05, 3.63) is 36.0 Å². The number of alkyl halides is 3. The Labute approximate surface area is 192 Å². The average Bonchev–Trinajstić information content (AvgIpc) is 2.77. The molecule has 0 saturated carbocycles. The van der Waals surface area contributed by atoms with Gasteiger partial charge in [-0.05, 0) is 50.6 Å². The molecule has 9 heteroatoms. The van der Waals surface area contributed by atoms with Crippen LogP contribution >= 0.6 is 0 Å². The summed E-state index contributed by atoms with van der Waals surface area (Å²) in [5.41, 5.74) is -0.0354. The third kappa shape index (κ3) is 5.24. The molecule has 1 aromatic carbocycles. The number of pyridine rings is 1. The highest BCUT2D eigenvalue weighted by Gasteiger charge is 2.35. The van der Waals surface area contributed by atoms with Gasteiger partial charge in [0.2, 0.25) is 5.91 Å². The molecule has 1 N–H and O–H groups in total. The van der Waals surface area contributed by atoms with Gasteiger partial charge < -0.3 is 15.1 Å². The predicted molar refractivity (Wildman–Crippen MR) is 123 cm³/mol. The third-order valence-corrected chi connectivity index (χ3v) is 6.86. The van der Waals surface area contributed by atoms with E-state index in [2.05, 4.69) is 39.0 Å². The zero-order chi connectivity index (χ0) is 23.8. The van der Waals surface area contributed by atoms with Crippen molar-refractivity contribution in [2.75, 3.05) is 51.2 Å². The molecule has 0 spiro atoms. The molecule has 1 amide bonds. The molecule has 180 valence electrons. The van der Waals surface area contributed by atoms with Crippen molar-refractivity contribution < 1.29 is 18.0 Å². The molecule has 0 radical (unpaired) electrons. The number of piperazine rings is 1. The van der Waals surface area contributed by atoms with E-state index in [0.717, 1.165) is 50.9 Å². The number of anilines is 1. The molecule has 0 bridgehead atoms. The molecule has 2 saturated heterocycles. The molecule has 33 heavy (non-hydrogen) atoms. The molecular formula is C24H32F3N5O. The van der Waals surface area contributed by atoms with Crippen LogP contribution in [0, 0.1) is 5.92 Å². The summed E-state index contributed by atoms with van der Waals surface area (Å²) in [5, 5.41) is 3.69. The SMILES string of the molecule is CC1CC(NC(=O)C(C)N2CCN(C)CC2)CN(c2ccc(C(F)(F)F)c3ncccc23)C1. The van der Waals surface area contributed by atoms with E-state index >= 15 is 0 Å². The number of amides is 1. The van der Waals surface area contributed by atoms with E-state index < -0.39 is 11.7 Å². The van der Waals surface area contributed by atoms with Crippen LogP contribution in [0.1, 0.15) is 25.8 Å². The first-order chi connectivity index (χ1) is 15.6. The minimum Gasteiger partial charge on any atom is -0.369 e. The molecule has 2 fully saturated rings. The van der Waals surface area contributed by atoms with E-state index in [4.69, 9.17) is 0 Å². The number of nitrogens with zero attached hydrogens (tertiary/aromatic N) is 4. The lowest BCUT2D eigenvalue weighted by Crippen LogP contribution is -2.57. The normalized spacial score (nSPS) is 24.1. The van der Waals surface area contributed by atoms with E-state index in [9.17, 15) is 18.0 Å². The van der Waals surface area contributed by atoms with Gasteiger partial charge in [-0.15, -0.1) is 0 Å². The van der Waals surface area contributed by atoms with Crippen molar-refractivity contribution in [1.29, 1.82) is 0 Å². The molecule has 6 nitrogen and oxygen atoms in total. The minimum absolute atomic E-state index is 0.0116. The van der Waals surface area contributed by atoms with Crippen LogP contribution in [0.2, 0.25) is 0 Å². The van der Waals surface area contributed by atoms with Crippen molar-refractivity contribution in [2.24, 2.45) is 5.92 Å². The number of fused-ring (bicyclic) bond motifs is 1. The Balaban J connectivity index is 1.51. The van der Waals surface area contributed by atoms with Crippen LogP contribution in [0.4, 0.5) is 18.9 Å². The van der Waals surface area contributed by atoms with E-state index in [1.165, 1.54) is 12.3 Å². The second-order valence-electron chi connectivity index (χ2n) is 9.50. The van der Waals surface area contributed by atoms with Crippen LogP contribution < -0.4 is 10.2 Å². The summed E-state index contributed by atoms with van der Waals surface area (Å²) in [6.45, 7) is 8.95. The van der Waals surface area contributed by atoms with Crippen LogP contribution in [0.5, 0.6) is 0 Å². The lowest BCUT2D eigenvalue weighted by atomic mass is 9.94. The molecule has 0 aliphatic carbocycles. The quantitative estimate of drug-likeness (QED) is 0.755. The number of aromatic nitrogens is 1. The smallest absolute Gasteiger partial charge is 0.369 e. The summed E-state index contributed by atoms with van der Waals surface area (Å²) in [4.78, 5) is 23.6. The van der Waals surface area contributed by atoms with Crippen molar-refractivity contribution in [3.8, 4) is 0 Å². The van der Waals surface area contributed by atoms with Gasteiger partial charge in [-0.1, -0.05) is 6.92 Å². The van der Waals surface area contributed by atoms with Crippen LogP contribution in [-0.4, -0.2) is 79.1 Å². The molecule has 3 unspecified atom stereocenters. The number of benzene rings is 1. The molecule has 3 atom stereocenters. The molecule has 2 aliphatic heterocycles. The first-order valence-corrected chi connectivity index (χ1v) is 11.6. The van der Waals surface area contributed by atoms with E-state index in [0.29, 0.717) is 11.9 Å². The Morgan fingerprint density at radius 1 is 1.15 bits per heavy atom. The van der Waals surface area contributed by atoms with Crippen molar-refractivity contribution in [2.45, 2.75) is 38.5 Å². The summed E-state index contributed by atoms with van der Waals surface area (Å²) in [7, 11) is 2.08. The molecule has 1 aromatic heterocycles. The summed E-state index contributed by atoms with van der Waals surface area (Å²) >= 11 is 0. The fourth-order valence-corrected chi connectivity index (χ4v) is 5.01. The van der Waals surface area contributed by atoms with Crippen LogP contribution in [0.25, 0.3) is 10.9 Å². The minimum atomic E-state index is -4.46. The zero-order valence-electron chi connectivity index (χ0n) is 19.4. The number of piperidine rings is 1. The average molecular weight is 464 g/mol. The van der Waals surface area contributed by atoms with Gasteiger partial charge in [0, 0.05) is 62.6 Å². The van der Waals surface area contributed by atoms with Gasteiger partial charge in [-0.2, -0.15) is 13.2 Å². The van der Waals surface area contributed by atoms with Crippen molar-refractivity contribution >= 4 is 22.5 Å². The summed E-state index contributed by atoms with van der Waals surface area (Å²) in [6.07, 6.45) is -2.23. The number of carbonyl (C=O) groups is 1. The monoisotopic (exact) mass is 463 g/mol. The summed E-state index contributed by atoms with van der Waals surface area (Å²) in [6, 6.07) is 5.74. The van der Waals surface area contributed by atoms with Gasteiger partial charge in [-0.3, -0.25) is 14.7 Å². The second kappa shape index (κ2) is 9.46. The molecule has 3 heterocycles. The fourth-order valence-electron chi connectivity index (χ4n) is 5.01. The standard InChI is InChI=1S/C24H32F3N5O/c1-16-13-18(29-23(33)17(2)31-11-9-30(3)10-12-31)15-32(14-16)21-7-6-20(24(25,26)27)22-19(21)5-4-8-28-22/h4-8,16-18H,9-15H2,1-3H3,(H,29,33). The molecule has 2 aliphatic rings. The van der Waals surface area contributed by atoms with Crippen LogP contribution in [0.3, 0.4) is 0 Å². The van der Waals surface area contributed by atoms with Gasteiger partial charge in [0.05, 0.1) is 17.1 Å². The topological polar surface area (TPSA) is 51.7 Å². The van der Waals surface area contributed by atoms with Gasteiger partial charge in [-0.25, -0.2) is 0 Å². The number of halogens is 3. The van der Waals surface area contributed by atoms with E-state index in [-0.39, 0.29) is 29.4 Å². The van der Waals surface area contributed by atoms with Crippen molar-refractivity contribution in [3.63, 3.8) is 0 Å². The number of hydrogen-bond acceptors (Lipinski definition) is 5. The third-order valence-electron chi connectivity index (χ3n) is 6.86. The number of nitrogens with one attached hydrogen (secondary N) is 1. The predicted octanol–water partition coefficient (Wildman–Crippen LogP) is 3.22. The maximum absolute atomic E-state index is 13.5. The van der Waals surface area contributed by atoms with Gasteiger partial charge in [0.15, 0.2) is 0 Å². The highest BCUT2D eigenvalue weighted by Crippen LogP contribution is 2.38. The lowest BCUT2D eigenvalue weighted by Gasteiger charge is -2.40. The maximum atomic E-state index is 13.5. The number of likely N-dealkylation sites (N-methyl/N-ethyl adjacent to an activating group) is 1. The first kappa shape index (κ1) is 23.8. The highest BCUT2D eigenvalue weighted by atomic mass is 19.4. The van der Waals surface area contributed by atoms with Gasteiger partial charge in [0.1, 0.15) is 0 Å². The Bertz CT molecular complexity index is 990. The van der Waals surface area contributed by atoms with E-state index in [1.807, 2.05) is 6.92 Å². The number of hydrogen-bond donors (Lipinski definition) is 1.